The summed E-state index contributed by atoms with van der Waals surface area (Å²) in [5.74, 6) is 0.985. The normalized spacial score (nSPS) is 30.6. The number of halogens is 1. The number of nitrogens with one attached hydrogen (secondary N) is 1. The Kier molecular flexibility index (Phi) is 3.25. The number of aryl methyl sites for hydroxylation is 1. The number of aromatic nitrogens is 1. The number of anilines is 1. The first-order valence-electron chi connectivity index (χ1n) is 8.91. The van der Waals surface area contributed by atoms with Crippen molar-refractivity contribution < 1.29 is 9.13 Å². The van der Waals surface area contributed by atoms with Gasteiger partial charge >= 0.3 is 0 Å². The van der Waals surface area contributed by atoms with Gasteiger partial charge in [0.15, 0.2) is 0 Å². The Morgan fingerprint density at radius 1 is 1.28 bits per heavy atom. The molecule has 4 aliphatic heterocycles. The van der Waals surface area contributed by atoms with Gasteiger partial charge in [0.05, 0.1) is 6.54 Å². The molecule has 6 heteroatoms. The van der Waals surface area contributed by atoms with E-state index in [1.165, 1.54) is 38.1 Å². The van der Waals surface area contributed by atoms with Crippen molar-refractivity contribution >= 4 is 22.6 Å². The minimum Gasteiger partial charge on any atom is -0.455 e. The van der Waals surface area contributed by atoms with Crippen molar-refractivity contribution in [3.8, 4) is 0 Å². The fourth-order valence-electron chi connectivity index (χ4n) is 4.52. The number of hydrogen-bond acceptors (Lipinski definition) is 5. The zero-order valence-corrected chi connectivity index (χ0v) is 14.3. The topological polar surface area (TPSA) is 49.8 Å². The summed E-state index contributed by atoms with van der Waals surface area (Å²) < 4.78 is 19.8. The summed E-state index contributed by atoms with van der Waals surface area (Å²) >= 11 is 0. The molecule has 1 N–H and O–H groups in total. The molecule has 0 amide bonds. The van der Waals surface area contributed by atoms with Crippen LogP contribution >= 0.6 is 0 Å². The van der Waals surface area contributed by atoms with Crippen molar-refractivity contribution in [3.05, 3.63) is 35.8 Å². The zero-order valence-electron chi connectivity index (χ0n) is 14.3. The molecule has 5 nitrogen and oxygen atoms in total. The van der Waals surface area contributed by atoms with Gasteiger partial charge < -0.3 is 4.74 Å². The van der Waals surface area contributed by atoms with Gasteiger partial charge in [-0.25, -0.2) is 14.4 Å². The van der Waals surface area contributed by atoms with E-state index in [2.05, 4.69) is 20.2 Å². The highest BCUT2D eigenvalue weighted by Gasteiger charge is 2.51. The highest BCUT2D eigenvalue weighted by Crippen LogP contribution is 2.40. The minimum atomic E-state index is -0.246. The highest BCUT2D eigenvalue weighted by molar-refractivity contribution is 5.93. The van der Waals surface area contributed by atoms with E-state index in [4.69, 9.17) is 4.74 Å². The van der Waals surface area contributed by atoms with Crippen LogP contribution < -0.4 is 5.32 Å². The van der Waals surface area contributed by atoms with Crippen molar-refractivity contribution in [3.63, 3.8) is 0 Å². The Balaban J connectivity index is 1.39. The molecule has 25 heavy (non-hydrogen) atoms. The van der Waals surface area contributed by atoms with Crippen LogP contribution in [0.25, 0.3) is 10.8 Å². The lowest BCUT2D eigenvalue weighted by Gasteiger charge is -2.50. The van der Waals surface area contributed by atoms with Gasteiger partial charge in [-0.15, -0.1) is 0 Å². The molecule has 3 saturated heterocycles. The van der Waals surface area contributed by atoms with Gasteiger partial charge in [0.2, 0.25) is 0 Å². The van der Waals surface area contributed by atoms with Crippen molar-refractivity contribution in [1.82, 2.24) is 9.88 Å². The fraction of sp³-hybridized carbons (Fsp3) is 0.474. The predicted molar refractivity (Wildman–Crippen MR) is 95.3 cm³/mol. The van der Waals surface area contributed by atoms with Crippen LogP contribution in [0, 0.1) is 18.7 Å². The third kappa shape index (κ3) is 2.47. The molecule has 4 aliphatic rings. The van der Waals surface area contributed by atoms with Crippen molar-refractivity contribution in [2.75, 3.05) is 31.5 Å². The number of piperidine rings is 3. The summed E-state index contributed by atoms with van der Waals surface area (Å²) in [6.07, 6.45) is 2.38. The van der Waals surface area contributed by atoms with E-state index >= 15 is 0 Å². The van der Waals surface area contributed by atoms with Gasteiger partial charge in [-0.1, -0.05) is 0 Å². The number of aliphatic imine (C=N–C) groups is 1. The van der Waals surface area contributed by atoms with Crippen LogP contribution in [0.4, 0.5) is 10.2 Å². The molecule has 2 bridgehead atoms. The molecular weight excluding hydrogens is 319 g/mol. The number of amidine groups is 1. The van der Waals surface area contributed by atoms with E-state index in [1.807, 2.05) is 13.0 Å². The molecule has 0 aliphatic carbocycles. The number of hydrogen-bond donors (Lipinski definition) is 1. The Hall–Kier alpha value is -2.21. The second-order valence-electron chi connectivity index (χ2n) is 7.42. The molecular formula is C19H21FN4O. The number of fused-ring (bicyclic) bond motifs is 3. The van der Waals surface area contributed by atoms with Crippen molar-refractivity contribution in [2.24, 2.45) is 10.9 Å². The Bertz CT molecular complexity index is 875. The maximum absolute atomic E-state index is 13.5. The molecule has 6 rings (SSSR count). The molecule has 1 spiro atoms. The lowest BCUT2D eigenvalue weighted by atomic mass is 9.75. The summed E-state index contributed by atoms with van der Waals surface area (Å²) in [4.78, 5) is 11.6. The van der Waals surface area contributed by atoms with Crippen molar-refractivity contribution in [2.45, 2.75) is 25.4 Å². The number of rotatable bonds is 1. The van der Waals surface area contributed by atoms with Crippen LogP contribution in [-0.4, -0.2) is 47.7 Å². The SMILES string of the molecule is Cc1nc(NC2=NC[C@@]3(CN4CCC3CC4)O2)cc2cc(F)ccc12. The summed E-state index contributed by atoms with van der Waals surface area (Å²) in [5, 5.41) is 4.98. The number of ether oxygens (including phenoxy) is 1. The van der Waals surface area contributed by atoms with Crippen LogP contribution in [-0.2, 0) is 4.74 Å². The monoisotopic (exact) mass is 340 g/mol. The predicted octanol–water partition coefficient (Wildman–Crippen LogP) is 2.94. The van der Waals surface area contributed by atoms with E-state index in [-0.39, 0.29) is 11.4 Å². The summed E-state index contributed by atoms with van der Waals surface area (Å²) in [6.45, 7) is 5.95. The molecule has 1 aromatic heterocycles. The largest absolute Gasteiger partial charge is 0.455 e. The maximum atomic E-state index is 13.5. The number of pyridine rings is 1. The van der Waals surface area contributed by atoms with E-state index in [9.17, 15) is 4.39 Å². The van der Waals surface area contributed by atoms with E-state index in [1.54, 1.807) is 6.07 Å². The molecule has 0 radical (unpaired) electrons. The lowest BCUT2D eigenvalue weighted by molar-refractivity contribution is -0.0829. The minimum absolute atomic E-state index is 0.170. The first kappa shape index (κ1) is 15.1. The summed E-state index contributed by atoms with van der Waals surface area (Å²) in [7, 11) is 0. The number of benzene rings is 1. The highest BCUT2D eigenvalue weighted by atomic mass is 19.1. The first-order valence-corrected chi connectivity index (χ1v) is 8.91. The Morgan fingerprint density at radius 2 is 2.12 bits per heavy atom. The second kappa shape index (κ2) is 5.39. The van der Waals surface area contributed by atoms with Crippen LogP contribution in [0.3, 0.4) is 0 Å². The van der Waals surface area contributed by atoms with Crippen LogP contribution in [0.2, 0.25) is 0 Å². The Labute approximate surface area is 145 Å². The molecule has 2 aromatic rings. The molecule has 5 heterocycles. The van der Waals surface area contributed by atoms with Crippen LogP contribution in [0.1, 0.15) is 18.5 Å². The molecule has 1 aromatic carbocycles. The quantitative estimate of drug-likeness (QED) is 0.867. The standard InChI is InChI=1S/C19H21FN4O/c1-12-16-3-2-15(20)8-13(16)9-17(22-12)23-18-21-10-19(25-18)11-24-6-4-14(19)5-7-24/h2-3,8-9,14H,4-7,10-11H2,1H3,(H,21,22,23)/t19-/m0/s1. The molecule has 3 fully saturated rings. The maximum Gasteiger partial charge on any atom is 0.291 e. The lowest BCUT2D eigenvalue weighted by Crippen LogP contribution is -2.61. The second-order valence-corrected chi connectivity index (χ2v) is 7.42. The van der Waals surface area contributed by atoms with E-state index < -0.39 is 0 Å². The Morgan fingerprint density at radius 3 is 2.88 bits per heavy atom. The van der Waals surface area contributed by atoms with Crippen LogP contribution in [0.15, 0.2) is 29.3 Å². The summed E-state index contributed by atoms with van der Waals surface area (Å²) in [6, 6.07) is 7.14. The third-order valence-electron chi connectivity index (χ3n) is 5.83. The molecule has 130 valence electrons. The van der Waals surface area contributed by atoms with Crippen LogP contribution in [0.5, 0.6) is 0 Å². The van der Waals surface area contributed by atoms with E-state index in [0.717, 1.165) is 23.0 Å². The first-order chi connectivity index (χ1) is 12.1. The van der Waals surface area contributed by atoms with Gasteiger partial charge in [0.25, 0.3) is 6.02 Å². The smallest absolute Gasteiger partial charge is 0.291 e. The molecule has 0 saturated carbocycles. The van der Waals surface area contributed by atoms with Gasteiger partial charge in [0.1, 0.15) is 17.2 Å². The third-order valence-corrected chi connectivity index (χ3v) is 5.83. The van der Waals surface area contributed by atoms with Crippen molar-refractivity contribution in [1.29, 1.82) is 0 Å². The average molecular weight is 340 g/mol. The van der Waals surface area contributed by atoms with Gasteiger partial charge in [-0.2, -0.15) is 0 Å². The molecule has 0 unspecified atom stereocenters. The number of nitrogens with zero attached hydrogens (tertiary/aromatic N) is 3. The fourth-order valence-corrected chi connectivity index (χ4v) is 4.52. The van der Waals surface area contributed by atoms with Gasteiger partial charge in [-0.3, -0.25) is 10.2 Å². The summed E-state index contributed by atoms with van der Waals surface area (Å²) in [5.41, 5.74) is 0.688. The average Bonchev–Trinajstić information content (AvgIpc) is 2.97. The van der Waals surface area contributed by atoms with Gasteiger partial charge in [-0.05, 0) is 62.5 Å². The zero-order chi connectivity index (χ0) is 17.0. The van der Waals surface area contributed by atoms with Gasteiger partial charge in [0, 0.05) is 23.5 Å². The molecule has 1 atom stereocenters. The van der Waals surface area contributed by atoms with E-state index in [0.29, 0.717) is 24.3 Å².